The Morgan fingerprint density at radius 3 is 1.12 bits per heavy atom. The Morgan fingerprint density at radius 1 is 0.521 bits per heavy atom. The number of urea groups is 2. The minimum absolute atomic E-state index is 0.156. The standard InChI is InChI=1S/C40H56N6O2/c41-39(47)43(29-13-9-27(10-14-29)21-23-45-35-17-18-36(45)32-6-2-1-5-31(32)35)25-26-44(40(42)48)30-15-11-28(12-16-30)22-24-46-37-19-20-38(46)34-8-4-3-7-33(34)37/h1-8,27-30,35-38H,9-26H2,(H2,41,47)(H2,42,48)/t27?,28?,29?,30?,35-,36+,37-,38+. The summed E-state index contributed by atoms with van der Waals surface area (Å²) < 4.78 is 0. The van der Waals surface area contributed by atoms with Crippen molar-refractivity contribution in [2.24, 2.45) is 23.3 Å². The quantitative estimate of drug-likeness (QED) is 0.264. The number of hydrogen-bond acceptors (Lipinski definition) is 4. The van der Waals surface area contributed by atoms with Crippen LogP contribution in [0.4, 0.5) is 9.59 Å². The molecule has 2 aromatic carbocycles. The molecule has 258 valence electrons. The van der Waals surface area contributed by atoms with Gasteiger partial charge in [0.2, 0.25) is 0 Å². The van der Waals surface area contributed by atoms with Crippen LogP contribution in [0.25, 0.3) is 0 Å². The molecule has 4 N–H and O–H groups in total. The fraction of sp³-hybridized carbons (Fsp3) is 0.650. The molecule has 8 nitrogen and oxygen atoms in total. The van der Waals surface area contributed by atoms with Crippen LogP contribution in [-0.4, -0.2) is 69.9 Å². The molecule has 0 spiro atoms. The summed E-state index contributed by atoms with van der Waals surface area (Å²) in [6, 6.07) is 20.1. The Hall–Kier alpha value is -3.10. The Morgan fingerprint density at radius 2 is 0.833 bits per heavy atom. The van der Waals surface area contributed by atoms with Gasteiger partial charge in [-0.3, -0.25) is 9.80 Å². The molecule has 4 heterocycles. The van der Waals surface area contributed by atoms with E-state index in [1.165, 1.54) is 51.6 Å². The van der Waals surface area contributed by atoms with E-state index in [1.807, 2.05) is 9.80 Å². The Labute approximate surface area is 287 Å². The zero-order chi connectivity index (χ0) is 32.8. The third-order valence-electron chi connectivity index (χ3n) is 13.7. The molecule has 8 heteroatoms. The van der Waals surface area contributed by atoms with Gasteiger partial charge in [0, 0.05) is 49.3 Å². The predicted molar refractivity (Wildman–Crippen MR) is 189 cm³/mol. The first-order chi connectivity index (χ1) is 23.5. The molecule has 6 aliphatic rings. The average molecular weight is 653 g/mol. The van der Waals surface area contributed by atoms with E-state index in [9.17, 15) is 9.59 Å². The summed E-state index contributed by atoms with van der Waals surface area (Å²) in [6.45, 7) is 3.28. The summed E-state index contributed by atoms with van der Waals surface area (Å²) in [5, 5.41) is 0. The lowest BCUT2D eigenvalue weighted by molar-refractivity contribution is 0.110. The van der Waals surface area contributed by atoms with Gasteiger partial charge in [0.1, 0.15) is 0 Å². The number of hydrogen-bond donors (Lipinski definition) is 2. The molecule has 0 radical (unpaired) electrons. The number of rotatable bonds is 11. The van der Waals surface area contributed by atoms with Crippen molar-refractivity contribution >= 4 is 12.1 Å². The molecule has 4 atom stereocenters. The van der Waals surface area contributed by atoms with E-state index in [-0.39, 0.29) is 24.1 Å². The minimum atomic E-state index is -0.365. The molecule has 4 amide bonds. The first-order valence-corrected chi connectivity index (χ1v) is 19.3. The number of nitrogens with two attached hydrogens (primary N) is 2. The van der Waals surface area contributed by atoms with E-state index in [2.05, 4.69) is 58.3 Å². The Bertz CT molecular complexity index is 1290. The molecule has 2 aromatic rings. The average Bonchev–Trinajstić information content (AvgIpc) is 3.87. The van der Waals surface area contributed by atoms with Gasteiger partial charge in [-0.15, -0.1) is 0 Å². The molecule has 48 heavy (non-hydrogen) atoms. The summed E-state index contributed by atoms with van der Waals surface area (Å²) in [5.41, 5.74) is 18.2. The number of fused-ring (bicyclic) bond motifs is 10. The highest BCUT2D eigenvalue weighted by molar-refractivity contribution is 5.73. The molecule has 0 unspecified atom stereocenters. The third-order valence-corrected chi connectivity index (χ3v) is 13.7. The van der Waals surface area contributed by atoms with Crippen LogP contribution in [-0.2, 0) is 0 Å². The van der Waals surface area contributed by atoms with Gasteiger partial charge in [-0.25, -0.2) is 9.59 Å². The Balaban J connectivity index is 0.779. The number of benzene rings is 2. The van der Waals surface area contributed by atoms with Crippen LogP contribution in [0.3, 0.4) is 0 Å². The third kappa shape index (κ3) is 6.01. The minimum Gasteiger partial charge on any atom is -0.351 e. The van der Waals surface area contributed by atoms with Crippen molar-refractivity contribution in [3.05, 3.63) is 70.8 Å². The van der Waals surface area contributed by atoms with E-state index in [1.54, 1.807) is 22.3 Å². The van der Waals surface area contributed by atoms with Crippen LogP contribution in [0.5, 0.6) is 0 Å². The smallest absolute Gasteiger partial charge is 0.315 e. The van der Waals surface area contributed by atoms with Crippen LogP contribution in [0, 0.1) is 11.8 Å². The van der Waals surface area contributed by atoms with Crippen molar-refractivity contribution in [2.45, 2.75) is 126 Å². The van der Waals surface area contributed by atoms with Crippen LogP contribution in [0.1, 0.15) is 136 Å². The van der Waals surface area contributed by atoms with Gasteiger partial charge in [-0.2, -0.15) is 0 Å². The number of amides is 4. The maximum Gasteiger partial charge on any atom is 0.315 e. The van der Waals surface area contributed by atoms with Crippen LogP contribution in [0.2, 0.25) is 0 Å². The highest BCUT2D eigenvalue weighted by atomic mass is 16.2. The summed E-state index contributed by atoms with van der Waals surface area (Å²) >= 11 is 0. The molecule has 4 aliphatic heterocycles. The van der Waals surface area contributed by atoms with Crippen molar-refractivity contribution in [3.63, 3.8) is 0 Å². The summed E-state index contributed by atoms with van der Waals surface area (Å²) in [4.78, 5) is 34.6. The molecule has 8 rings (SSSR count). The lowest BCUT2D eigenvalue weighted by Gasteiger charge is -2.40. The molecule has 2 saturated heterocycles. The molecule has 4 bridgehead atoms. The highest BCUT2D eigenvalue weighted by Gasteiger charge is 2.44. The molecule has 4 fully saturated rings. The van der Waals surface area contributed by atoms with Crippen molar-refractivity contribution in [3.8, 4) is 0 Å². The lowest BCUT2D eigenvalue weighted by Crippen LogP contribution is -2.52. The van der Waals surface area contributed by atoms with E-state index in [0.29, 0.717) is 49.1 Å². The molecule has 2 aliphatic carbocycles. The maximum absolute atomic E-state index is 12.7. The van der Waals surface area contributed by atoms with Crippen LogP contribution >= 0.6 is 0 Å². The predicted octanol–water partition coefficient (Wildman–Crippen LogP) is 7.43. The number of carbonyl (C=O) groups excluding carboxylic acids is 2. The first kappa shape index (κ1) is 32.1. The van der Waals surface area contributed by atoms with E-state index >= 15 is 0 Å². The van der Waals surface area contributed by atoms with Crippen molar-refractivity contribution < 1.29 is 9.59 Å². The summed E-state index contributed by atoms with van der Waals surface area (Å²) in [5.74, 6) is 1.40. The second-order valence-electron chi connectivity index (χ2n) is 15.9. The van der Waals surface area contributed by atoms with E-state index in [4.69, 9.17) is 11.5 Å². The van der Waals surface area contributed by atoms with E-state index < -0.39 is 0 Å². The van der Waals surface area contributed by atoms with Gasteiger partial charge >= 0.3 is 12.1 Å². The number of nitrogens with zero attached hydrogens (tertiary/aromatic N) is 4. The van der Waals surface area contributed by atoms with Crippen molar-refractivity contribution in [1.82, 2.24) is 19.6 Å². The molecule has 2 saturated carbocycles. The molecular formula is C40H56N6O2. The van der Waals surface area contributed by atoms with Gasteiger partial charge in [0.25, 0.3) is 0 Å². The fourth-order valence-corrected chi connectivity index (χ4v) is 11.2. The second kappa shape index (κ2) is 13.7. The number of primary amides is 2. The van der Waals surface area contributed by atoms with Gasteiger partial charge < -0.3 is 21.3 Å². The zero-order valence-corrected chi connectivity index (χ0v) is 28.7. The number of carbonyl (C=O) groups is 2. The van der Waals surface area contributed by atoms with Crippen molar-refractivity contribution in [2.75, 3.05) is 26.2 Å². The molecule has 0 aromatic heterocycles. The Kier molecular flexibility index (Phi) is 9.14. The largest absolute Gasteiger partial charge is 0.351 e. The van der Waals surface area contributed by atoms with Crippen LogP contribution in [0.15, 0.2) is 48.5 Å². The van der Waals surface area contributed by atoms with Gasteiger partial charge in [0.15, 0.2) is 0 Å². The topological polar surface area (TPSA) is 99.1 Å². The lowest BCUT2D eigenvalue weighted by atomic mass is 9.83. The first-order valence-electron chi connectivity index (χ1n) is 19.3. The monoisotopic (exact) mass is 652 g/mol. The zero-order valence-electron chi connectivity index (χ0n) is 28.7. The van der Waals surface area contributed by atoms with E-state index in [0.717, 1.165) is 51.4 Å². The van der Waals surface area contributed by atoms with Gasteiger partial charge in [-0.1, -0.05) is 48.5 Å². The summed E-state index contributed by atoms with van der Waals surface area (Å²) in [6.07, 6.45) is 16.2. The van der Waals surface area contributed by atoms with Gasteiger partial charge in [0.05, 0.1) is 0 Å². The van der Waals surface area contributed by atoms with Gasteiger partial charge in [-0.05, 0) is 137 Å². The van der Waals surface area contributed by atoms with Crippen LogP contribution < -0.4 is 11.5 Å². The summed E-state index contributed by atoms with van der Waals surface area (Å²) in [7, 11) is 0. The molecular weight excluding hydrogens is 596 g/mol. The normalized spacial score (nSPS) is 32.2. The van der Waals surface area contributed by atoms with Crippen molar-refractivity contribution in [1.29, 1.82) is 0 Å². The highest BCUT2D eigenvalue weighted by Crippen LogP contribution is 2.54. The second-order valence-corrected chi connectivity index (χ2v) is 15.9. The SMILES string of the molecule is NC(=O)N(CCN(C(N)=O)C1CCC(CCN2[C@@H]3CC[C@H]2c2ccccc23)CC1)C1CCC(CCN2[C@@H]3CC[C@H]2c2ccccc23)CC1. The fourth-order valence-electron chi connectivity index (χ4n) is 11.2. The maximum atomic E-state index is 12.7.